The number of halogens is 2. The van der Waals surface area contributed by atoms with Crippen molar-refractivity contribution in [3.63, 3.8) is 0 Å². The van der Waals surface area contributed by atoms with Gasteiger partial charge in [0.15, 0.2) is 0 Å². The van der Waals surface area contributed by atoms with E-state index in [1.165, 1.54) is 0 Å². The van der Waals surface area contributed by atoms with E-state index in [1.807, 2.05) is 36.1 Å². The zero-order chi connectivity index (χ0) is 14.4. The molecule has 0 aliphatic carbocycles. The summed E-state index contributed by atoms with van der Waals surface area (Å²) in [7, 11) is 0. The van der Waals surface area contributed by atoms with Crippen LogP contribution in [0.1, 0.15) is 24.9 Å². The first-order chi connectivity index (χ1) is 9.72. The summed E-state index contributed by atoms with van der Waals surface area (Å²) >= 11 is 6.05. The summed E-state index contributed by atoms with van der Waals surface area (Å²) in [5.41, 5.74) is 1.06. The molecule has 0 bridgehead atoms. The molecule has 1 aromatic carbocycles. The topological polar surface area (TPSA) is 41.6 Å². The number of carbonyl (C=O) groups excluding carboxylic acids is 1. The average Bonchev–Trinajstić information content (AvgIpc) is 2.47. The zero-order valence-electron chi connectivity index (χ0n) is 12.2. The lowest BCUT2D eigenvalue weighted by molar-refractivity contribution is -0.139. The summed E-state index contributed by atoms with van der Waals surface area (Å²) < 4.78 is 5.37. The van der Waals surface area contributed by atoms with E-state index in [0.717, 1.165) is 25.1 Å². The molecule has 1 fully saturated rings. The highest BCUT2D eigenvalue weighted by atomic mass is 35.5. The quantitative estimate of drug-likeness (QED) is 0.843. The Labute approximate surface area is 137 Å². The van der Waals surface area contributed by atoms with E-state index < -0.39 is 0 Å². The number of hydrogen-bond donors (Lipinski definition) is 1. The van der Waals surface area contributed by atoms with E-state index in [4.69, 9.17) is 16.3 Å². The second-order valence-electron chi connectivity index (χ2n) is 4.91. The molecule has 1 N–H and O–H groups in total. The Morgan fingerprint density at radius 3 is 3.05 bits per heavy atom. The Morgan fingerprint density at radius 2 is 2.33 bits per heavy atom. The van der Waals surface area contributed by atoms with Gasteiger partial charge in [-0.2, -0.15) is 0 Å². The molecule has 1 aliphatic heterocycles. The third-order valence-corrected chi connectivity index (χ3v) is 3.61. The van der Waals surface area contributed by atoms with E-state index in [0.29, 0.717) is 18.2 Å². The van der Waals surface area contributed by atoms with Gasteiger partial charge < -0.3 is 15.0 Å². The second kappa shape index (κ2) is 9.26. The predicted molar refractivity (Wildman–Crippen MR) is 87.1 cm³/mol. The van der Waals surface area contributed by atoms with Gasteiger partial charge in [-0.25, -0.2) is 0 Å². The summed E-state index contributed by atoms with van der Waals surface area (Å²) in [6.07, 6.45) is 0.923. The zero-order valence-corrected chi connectivity index (χ0v) is 13.8. The Morgan fingerprint density at radius 1 is 1.52 bits per heavy atom. The fraction of sp³-hybridized carbons (Fsp3) is 0.533. The number of piperazine rings is 1. The SMILES string of the molecule is CCCOCC(=O)N1CCNCC1c1cccc(Cl)c1.Cl. The lowest BCUT2D eigenvalue weighted by atomic mass is 10.0. The van der Waals surface area contributed by atoms with Crippen LogP contribution < -0.4 is 5.32 Å². The second-order valence-corrected chi connectivity index (χ2v) is 5.35. The van der Waals surface area contributed by atoms with Crippen LogP contribution in [-0.2, 0) is 9.53 Å². The maximum atomic E-state index is 12.3. The van der Waals surface area contributed by atoms with Crippen LogP contribution in [0.25, 0.3) is 0 Å². The van der Waals surface area contributed by atoms with E-state index in [2.05, 4.69) is 5.32 Å². The highest BCUT2D eigenvalue weighted by molar-refractivity contribution is 6.30. The van der Waals surface area contributed by atoms with Crippen LogP contribution >= 0.6 is 24.0 Å². The van der Waals surface area contributed by atoms with Gasteiger partial charge in [0.05, 0.1) is 6.04 Å². The first-order valence-corrected chi connectivity index (χ1v) is 7.43. The van der Waals surface area contributed by atoms with Crippen molar-refractivity contribution in [2.24, 2.45) is 0 Å². The molecule has 21 heavy (non-hydrogen) atoms. The predicted octanol–water partition coefficient (Wildman–Crippen LogP) is 2.66. The van der Waals surface area contributed by atoms with Gasteiger partial charge in [-0.3, -0.25) is 4.79 Å². The van der Waals surface area contributed by atoms with Crippen LogP contribution in [0.15, 0.2) is 24.3 Å². The van der Waals surface area contributed by atoms with Gasteiger partial charge in [0.2, 0.25) is 5.91 Å². The molecule has 1 saturated heterocycles. The van der Waals surface area contributed by atoms with Gasteiger partial charge in [-0.15, -0.1) is 12.4 Å². The van der Waals surface area contributed by atoms with E-state index in [-0.39, 0.29) is 31.0 Å². The van der Waals surface area contributed by atoms with Crippen molar-refractivity contribution in [3.05, 3.63) is 34.9 Å². The normalized spacial score (nSPS) is 18.2. The monoisotopic (exact) mass is 332 g/mol. The number of nitrogens with zero attached hydrogens (tertiary/aromatic N) is 1. The molecule has 1 aromatic rings. The minimum atomic E-state index is 0. The number of ether oxygens (including phenoxy) is 1. The van der Waals surface area contributed by atoms with Gasteiger partial charge >= 0.3 is 0 Å². The van der Waals surface area contributed by atoms with Gasteiger partial charge in [-0.1, -0.05) is 30.7 Å². The molecule has 1 amide bonds. The summed E-state index contributed by atoms with van der Waals surface area (Å²) in [5, 5.41) is 4.02. The summed E-state index contributed by atoms with van der Waals surface area (Å²) in [6, 6.07) is 7.73. The Kier molecular flexibility index (Phi) is 8.04. The third-order valence-electron chi connectivity index (χ3n) is 3.37. The maximum absolute atomic E-state index is 12.3. The Hall–Kier alpha value is -0.810. The summed E-state index contributed by atoms with van der Waals surface area (Å²) in [4.78, 5) is 14.2. The van der Waals surface area contributed by atoms with Crippen LogP contribution in [-0.4, -0.2) is 43.7 Å². The van der Waals surface area contributed by atoms with Crippen molar-refractivity contribution in [2.75, 3.05) is 32.8 Å². The lowest BCUT2D eigenvalue weighted by Gasteiger charge is -2.36. The molecule has 0 saturated carbocycles. The van der Waals surface area contributed by atoms with E-state index in [9.17, 15) is 4.79 Å². The molecule has 0 aromatic heterocycles. The standard InChI is InChI=1S/C15H21ClN2O2.ClH/c1-2-8-20-11-15(19)18-7-6-17-10-14(18)12-4-3-5-13(16)9-12;/h3-5,9,14,17H,2,6-8,10-11H2,1H3;1H. The van der Waals surface area contributed by atoms with Crippen molar-refractivity contribution in [2.45, 2.75) is 19.4 Å². The van der Waals surface area contributed by atoms with Crippen molar-refractivity contribution < 1.29 is 9.53 Å². The number of nitrogens with one attached hydrogen (secondary N) is 1. The minimum absolute atomic E-state index is 0. The summed E-state index contributed by atoms with van der Waals surface area (Å²) in [6.45, 7) is 5.08. The molecule has 1 aliphatic rings. The molecule has 6 heteroatoms. The first kappa shape index (κ1) is 18.2. The number of carbonyl (C=O) groups is 1. The summed E-state index contributed by atoms with van der Waals surface area (Å²) in [5.74, 6) is 0.0462. The van der Waals surface area contributed by atoms with Crippen LogP contribution in [0, 0.1) is 0 Å². The van der Waals surface area contributed by atoms with Crippen LogP contribution in [0.4, 0.5) is 0 Å². The molecule has 1 atom stereocenters. The van der Waals surface area contributed by atoms with E-state index in [1.54, 1.807) is 0 Å². The molecule has 2 rings (SSSR count). The van der Waals surface area contributed by atoms with Crippen molar-refractivity contribution >= 4 is 29.9 Å². The molecule has 0 radical (unpaired) electrons. The van der Waals surface area contributed by atoms with Crippen LogP contribution in [0.2, 0.25) is 5.02 Å². The van der Waals surface area contributed by atoms with E-state index >= 15 is 0 Å². The highest BCUT2D eigenvalue weighted by Crippen LogP contribution is 2.24. The average molecular weight is 333 g/mol. The number of rotatable bonds is 5. The first-order valence-electron chi connectivity index (χ1n) is 7.05. The Bertz CT molecular complexity index is 457. The maximum Gasteiger partial charge on any atom is 0.249 e. The largest absolute Gasteiger partial charge is 0.372 e. The van der Waals surface area contributed by atoms with Gasteiger partial charge in [0.25, 0.3) is 0 Å². The Balaban J connectivity index is 0.00000220. The van der Waals surface area contributed by atoms with Crippen LogP contribution in [0.3, 0.4) is 0 Å². The van der Waals surface area contributed by atoms with Crippen LogP contribution in [0.5, 0.6) is 0 Å². The highest BCUT2D eigenvalue weighted by Gasteiger charge is 2.27. The van der Waals surface area contributed by atoms with Gasteiger partial charge in [0.1, 0.15) is 6.61 Å². The third kappa shape index (κ3) is 5.15. The number of benzene rings is 1. The van der Waals surface area contributed by atoms with Crippen molar-refractivity contribution in [3.8, 4) is 0 Å². The van der Waals surface area contributed by atoms with Gasteiger partial charge in [-0.05, 0) is 24.1 Å². The number of amides is 1. The molecular formula is C15H22Cl2N2O2. The van der Waals surface area contributed by atoms with Crippen molar-refractivity contribution in [1.82, 2.24) is 10.2 Å². The molecule has 0 spiro atoms. The lowest BCUT2D eigenvalue weighted by Crippen LogP contribution is -2.49. The molecular weight excluding hydrogens is 311 g/mol. The minimum Gasteiger partial charge on any atom is -0.372 e. The fourth-order valence-corrected chi connectivity index (χ4v) is 2.60. The fourth-order valence-electron chi connectivity index (χ4n) is 2.40. The number of hydrogen-bond acceptors (Lipinski definition) is 3. The molecule has 118 valence electrons. The van der Waals surface area contributed by atoms with Crippen molar-refractivity contribution in [1.29, 1.82) is 0 Å². The molecule has 1 heterocycles. The molecule has 1 unspecified atom stereocenters. The smallest absolute Gasteiger partial charge is 0.249 e. The van der Waals surface area contributed by atoms with Gasteiger partial charge in [0, 0.05) is 31.3 Å². The molecule has 4 nitrogen and oxygen atoms in total.